The minimum atomic E-state index is -0.194. The van der Waals surface area contributed by atoms with Crippen LogP contribution in [0, 0.1) is 11.8 Å². The van der Waals surface area contributed by atoms with Gasteiger partial charge in [-0.15, -0.1) is 0 Å². The Bertz CT molecular complexity index is 472. The van der Waals surface area contributed by atoms with Gasteiger partial charge in [0, 0.05) is 38.8 Å². The van der Waals surface area contributed by atoms with Crippen LogP contribution in [0.15, 0.2) is 0 Å². The summed E-state index contributed by atoms with van der Waals surface area (Å²) in [6, 6.07) is 0.591. The van der Waals surface area contributed by atoms with Crippen LogP contribution >= 0.6 is 12.2 Å². The first kappa shape index (κ1) is 15.6. The number of ether oxygens (including phenoxy) is 1. The van der Waals surface area contributed by atoms with E-state index in [9.17, 15) is 4.79 Å². The van der Waals surface area contributed by atoms with Gasteiger partial charge >= 0.3 is 0 Å². The van der Waals surface area contributed by atoms with E-state index in [2.05, 4.69) is 10.2 Å². The molecule has 0 aromatic heterocycles. The molecule has 0 spiro atoms. The lowest BCUT2D eigenvalue weighted by Gasteiger charge is -2.38. The molecule has 2 aliphatic heterocycles. The number of amides is 1. The third kappa shape index (κ3) is 3.20. The summed E-state index contributed by atoms with van der Waals surface area (Å²) >= 11 is 5.62. The predicted octanol–water partition coefficient (Wildman–Crippen LogP) is 1.37. The summed E-state index contributed by atoms with van der Waals surface area (Å²) < 4.78 is 5.52. The van der Waals surface area contributed by atoms with E-state index >= 15 is 0 Å². The molecular weight excluding hydrogens is 310 g/mol. The maximum absolute atomic E-state index is 12.4. The first-order valence-electron chi connectivity index (χ1n) is 9.16. The number of thiocarbonyl (C=S) groups is 1. The first-order valence-corrected chi connectivity index (χ1v) is 9.57. The molecule has 2 saturated carbocycles. The molecule has 23 heavy (non-hydrogen) atoms. The molecule has 1 N–H and O–H groups in total. The molecule has 0 radical (unpaired) electrons. The lowest BCUT2D eigenvalue weighted by molar-refractivity contribution is -0.142. The van der Waals surface area contributed by atoms with E-state index in [1.807, 2.05) is 4.90 Å². The van der Waals surface area contributed by atoms with Gasteiger partial charge < -0.3 is 19.9 Å². The Morgan fingerprint density at radius 1 is 1.04 bits per heavy atom. The van der Waals surface area contributed by atoms with Gasteiger partial charge in [-0.05, 0) is 56.2 Å². The van der Waals surface area contributed by atoms with Crippen LogP contribution in [0.4, 0.5) is 0 Å². The van der Waals surface area contributed by atoms with Crippen molar-refractivity contribution in [1.82, 2.24) is 15.1 Å². The number of carbonyl (C=O) groups excluding carboxylic acids is 1. The average Bonchev–Trinajstić information content (AvgIpc) is 3.32. The van der Waals surface area contributed by atoms with Gasteiger partial charge in [-0.1, -0.05) is 6.42 Å². The minimum absolute atomic E-state index is 0.175. The molecule has 128 valence electrons. The van der Waals surface area contributed by atoms with Crippen molar-refractivity contribution in [2.45, 2.75) is 50.7 Å². The van der Waals surface area contributed by atoms with Gasteiger partial charge in [0.2, 0.25) is 0 Å². The van der Waals surface area contributed by atoms with Gasteiger partial charge in [-0.25, -0.2) is 0 Å². The maximum atomic E-state index is 12.4. The second-order valence-electron chi connectivity index (χ2n) is 7.54. The van der Waals surface area contributed by atoms with Crippen molar-refractivity contribution in [3.8, 4) is 0 Å². The maximum Gasteiger partial charge on any atom is 0.251 e. The molecule has 2 heterocycles. The van der Waals surface area contributed by atoms with E-state index in [0.29, 0.717) is 6.04 Å². The number of nitrogens with zero attached hydrogens (tertiary/aromatic N) is 2. The van der Waals surface area contributed by atoms with E-state index in [1.54, 1.807) is 0 Å². The summed E-state index contributed by atoms with van der Waals surface area (Å²) in [6.07, 6.45) is 7.16. The van der Waals surface area contributed by atoms with Gasteiger partial charge in [0.1, 0.15) is 6.10 Å². The lowest BCUT2D eigenvalue weighted by atomic mass is 9.95. The van der Waals surface area contributed by atoms with Crippen molar-refractivity contribution in [3.05, 3.63) is 0 Å². The highest BCUT2D eigenvalue weighted by molar-refractivity contribution is 7.80. The number of carbonyl (C=O) groups is 1. The van der Waals surface area contributed by atoms with Gasteiger partial charge in [0.25, 0.3) is 5.91 Å². The van der Waals surface area contributed by atoms with E-state index in [0.717, 1.165) is 62.6 Å². The van der Waals surface area contributed by atoms with Crippen molar-refractivity contribution < 1.29 is 9.53 Å². The van der Waals surface area contributed by atoms with Gasteiger partial charge in [0.15, 0.2) is 5.11 Å². The molecule has 4 rings (SSSR count). The first-order chi connectivity index (χ1) is 11.2. The molecule has 1 amide bonds. The molecule has 0 aromatic rings. The number of nitrogens with one attached hydrogen (secondary N) is 1. The zero-order chi connectivity index (χ0) is 15.8. The zero-order valence-corrected chi connectivity index (χ0v) is 14.5. The normalized spacial score (nSPS) is 36.5. The fourth-order valence-electron chi connectivity index (χ4n) is 4.78. The molecule has 2 saturated heterocycles. The fraction of sp³-hybridized carbons (Fsp3) is 0.882. The molecule has 0 aromatic carbocycles. The Kier molecular flexibility index (Phi) is 4.46. The number of rotatable bonds is 2. The summed E-state index contributed by atoms with van der Waals surface area (Å²) in [5.74, 6) is 1.94. The summed E-state index contributed by atoms with van der Waals surface area (Å²) in [4.78, 5) is 16.6. The highest BCUT2D eigenvalue weighted by Gasteiger charge is 2.40. The third-order valence-electron chi connectivity index (χ3n) is 6.13. The number of fused-ring (bicyclic) bond motifs is 2. The molecule has 4 atom stereocenters. The standard InChI is InChI=1S/C17H27N3O2S/c21-16(15-2-1-9-22-15)19-5-7-20(8-6-19)17(23)18-14-11-12-3-4-13(14)10-12/h12-15H,1-11H2,(H,18,23). The van der Waals surface area contributed by atoms with E-state index in [1.165, 1.54) is 25.7 Å². The number of hydrogen-bond acceptors (Lipinski definition) is 3. The molecule has 4 fully saturated rings. The zero-order valence-electron chi connectivity index (χ0n) is 13.7. The summed E-state index contributed by atoms with van der Waals surface area (Å²) in [6.45, 7) is 3.93. The number of piperazine rings is 1. The van der Waals surface area contributed by atoms with E-state index < -0.39 is 0 Å². The predicted molar refractivity (Wildman–Crippen MR) is 92.1 cm³/mol. The third-order valence-corrected chi connectivity index (χ3v) is 6.51. The molecule has 2 aliphatic carbocycles. The van der Waals surface area contributed by atoms with Crippen LogP contribution in [0.3, 0.4) is 0 Å². The van der Waals surface area contributed by atoms with Crippen LogP contribution < -0.4 is 5.32 Å². The van der Waals surface area contributed by atoms with Crippen LogP contribution in [-0.4, -0.2) is 65.8 Å². The Hall–Kier alpha value is -0.880. The van der Waals surface area contributed by atoms with Crippen molar-refractivity contribution in [1.29, 1.82) is 0 Å². The highest BCUT2D eigenvalue weighted by Crippen LogP contribution is 2.44. The Labute approximate surface area is 143 Å². The Morgan fingerprint density at radius 3 is 2.43 bits per heavy atom. The van der Waals surface area contributed by atoms with Crippen LogP contribution in [-0.2, 0) is 9.53 Å². The van der Waals surface area contributed by atoms with Crippen LogP contribution in [0.25, 0.3) is 0 Å². The molecular formula is C17H27N3O2S. The second-order valence-corrected chi connectivity index (χ2v) is 7.93. The van der Waals surface area contributed by atoms with Gasteiger partial charge in [-0.3, -0.25) is 4.79 Å². The molecule has 5 nitrogen and oxygen atoms in total. The molecule has 2 bridgehead atoms. The SMILES string of the molecule is O=C(C1CCCO1)N1CCN(C(=S)NC2CC3CCC2C3)CC1. The van der Waals surface area contributed by atoms with Gasteiger partial charge in [-0.2, -0.15) is 0 Å². The summed E-state index contributed by atoms with van der Waals surface area (Å²) in [5.41, 5.74) is 0. The smallest absolute Gasteiger partial charge is 0.251 e. The fourth-order valence-corrected chi connectivity index (χ4v) is 5.11. The summed E-state index contributed by atoms with van der Waals surface area (Å²) in [5, 5.41) is 4.50. The largest absolute Gasteiger partial charge is 0.368 e. The van der Waals surface area contributed by atoms with Crippen LogP contribution in [0.5, 0.6) is 0 Å². The topological polar surface area (TPSA) is 44.8 Å². The summed E-state index contributed by atoms with van der Waals surface area (Å²) in [7, 11) is 0. The lowest BCUT2D eigenvalue weighted by Crippen LogP contribution is -2.56. The van der Waals surface area contributed by atoms with Crippen molar-refractivity contribution in [2.24, 2.45) is 11.8 Å². The highest BCUT2D eigenvalue weighted by atomic mass is 32.1. The Balaban J connectivity index is 1.24. The van der Waals surface area contributed by atoms with Gasteiger partial charge in [0.05, 0.1) is 0 Å². The van der Waals surface area contributed by atoms with Crippen molar-refractivity contribution >= 4 is 23.2 Å². The molecule has 4 unspecified atom stereocenters. The van der Waals surface area contributed by atoms with Crippen molar-refractivity contribution in [2.75, 3.05) is 32.8 Å². The average molecular weight is 337 g/mol. The molecule has 6 heteroatoms. The Morgan fingerprint density at radius 2 is 1.83 bits per heavy atom. The quantitative estimate of drug-likeness (QED) is 0.771. The van der Waals surface area contributed by atoms with Crippen LogP contribution in [0.2, 0.25) is 0 Å². The van der Waals surface area contributed by atoms with E-state index in [4.69, 9.17) is 17.0 Å². The second kappa shape index (κ2) is 6.55. The number of hydrogen-bond donors (Lipinski definition) is 1. The minimum Gasteiger partial charge on any atom is -0.368 e. The van der Waals surface area contributed by atoms with Crippen LogP contribution in [0.1, 0.15) is 38.5 Å². The monoisotopic (exact) mass is 337 g/mol. The van der Waals surface area contributed by atoms with Crippen molar-refractivity contribution in [3.63, 3.8) is 0 Å². The molecule has 4 aliphatic rings. The van der Waals surface area contributed by atoms with E-state index in [-0.39, 0.29) is 12.0 Å².